The number of ether oxygens (including phenoxy) is 3. The SMILES string of the molecule is COC(=O)Nc1nc2ccc(Oc3ccc(NC(=O)Nc4cc(C(F)(F)F)ccc4OCCCCN=[N+]=[N-])cc3)cc2[nH]1. The number of imidazole rings is 1. The first kappa shape index (κ1) is 30.3. The van der Waals surface area contributed by atoms with Gasteiger partial charge in [0.05, 0.1) is 36.0 Å². The highest BCUT2D eigenvalue weighted by atomic mass is 19.4. The van der Waals surface area contributed by atoms with Gasteiger partial charge in [0.2, 0.25) is 5.95 Å². The average molecular weight is 599 g/mol. The third-order valence-electron chi connectivity index (χ3n) is 5.74. The van der Waals surface area contributed by atoms with Crippen molar-refractivity contribution in [2.45, 2.75) is 19.0 Å². The number of alkyl halides is 3. The van der Waals surface area contributed by atoms with Crippen LogP contribution in [-0.2, 0) is 10.9 Å². The summed E-state index contributed by atoms with van der Waals surface area (Å²) in [5, 5.41) is 10.8. The fraction of sp³-hybridized carbons (Fsp3) is 0.222. The molecule has 0 saturated carbocycles. The number of nitrogens with one attached hydrogen (secondary N) is 4. The topological polar surface area (TPSA) is 175 Å². The number of carbonyl (C=O) groups excluding carboxylic acids is 2. The van der Waals surface area contributed by atoms with E-state index < -0.39 is 23.9 Å². The van der Waals surface area contributed by atoms with Crippen LogP contribution in [-0.4, -0.2) is 42.4 Å². The van der Waals surface area contributed by atoms with Crippen molar-refractivity contribution in [3.8, 4) is 17.2 Å². The molecule has 0 aliphatic heterocycles. The highest BCUT2D eigenvalue weighted by Gasteiger charge is 2.31. The van der Waals surface area contributed by atoms with Crippen LogP contribution in [0.1, 0.15) is 18.4 Å². The lowest BCUT2D eigenvalue weighted by molar-refractivity contribution is -0.137. The van der Waals surface area contributed by atoms with E-state index in [1.54, 1.807) is 42.5 Å². The molecule has 16 heteroatoms. The Morgan fingerprint density at radius 1 is 1.00 bits per heavy atom. The maximum absolute atomic E-state index is 13.3. The molecule has 1 aromatic heterocycles. The van der Waals surface area contributed by atoms with Gasteiger partial charge in [0.15, 0.2) is 0 Å². The Kier molecular flexibility index (Phi) is 9.75. The molecule has 0 fully saturated rings. The summed E-state index contributed by atoms with van der Waals surface area (Å²) in [6.45, 7) is 0.406. The second-order valence-corrected chi connectivity index (χ2v) is 8.81. The normalized spacial score (nSPS) is 10.9. The van der Waals surface area contributed by atoms with E-state index >= 15 is 0 Å². The molecule has 0 atom stereocenters. The van der Waals surface area contributed by atoms with Gasteiger partial charge in [0, 0.05) is 23.2 Å². The van der Waals surface area contributed by atoms with Crippen molar-refractivity contribution in [3.05, 3.63) is 76.7 Å². The van der Waals surface area contributed by atoms with Gasteiger partial charge in [-0.15, -0.1) is 0 Å². The molecule has 13 nitrogen and oxygen atoms in total. The molecule has 0 unspecified atom stereocenters. The molecule has 0 aliphatic carbocycles. The molecule has 0 bridgehead atoms. The minimum Gasteiger partial charge on any atom is -0.491 e. The largest absolute Gasteiger partial charge is 0.491 e. The second-order valence-electron chi connectivity index (χ2n) is 8.81. The van der Waals surface area contributed by atoms with Crippen LogP contribution in [0.4, 0.5) is 40.1 Å². The molecule has 0 saturated heterocycles. The molecule has 1 heterocycles. The standard InChI is InChI=1S/C27H25F3N8O5/c1-41-26(40)37-24-34-20-10-9-19(15-21(20)35-24)43-18-7-5-17(6-8-18)33-25(39)36-22-14-16(27(28,29)30)4-11-23(22)42-13-3-2-12-32-38-31/h4-11,14-15H,2-3,12-13H2,1H3,(H2,33,36,39)(H2,34,35,37,40). The lowest BCUT2D eigenvalue weighted by Gasteiger charge is -2.16. The molecular weight excluding hydrogens is 573 g/mol. The number of methoxy groups -OCH3 is 1. The first-order valence-corrected chi connectivity index (χ1v) is 12.7. The number of azide groups is 1. The molecule has 4 N–H and O–H groups in total. The van der Waals surface area contributed by atoms with E-state index in [9.17, 15) is 22.8 Å². The zero-order chi connectivity index (χ0) is 30.8. The highest BCUT2D eigenvalue weighted by Crippen LogP contribution is 2.35. The van der Waals surface area contributed by atoms with Crippen molar-refractivity contribution in [3.63, 3.8) is 0 Å². The minimum atomic E-state index is -4.62. The number of hydrogen-bond donors (Lipinski definition) is 4. The summed E-state index contributed by atoms with van der Waals surface area (Å²) in [7, 11) is 1.24. The first-order valence-electron chi connectivity index (χ1n) is 12.7. The van der Waals surface area contributed by atoms with E-state index in [1.165, 1.54) is 7.11 Å². The van der Waals surface area contributed by atoms with Crippen LogP contribution in [0.15, 0.2) is 65.8 Å². The number of anilines is 3. The molecule has 3 amide bonds. The quantitative estimate of drug-likeness (QED) is 0.0596. The maximum Gasteiger partial charge on any atom is 0.416 e. The lowest BCUT2D eigenvalue weighted by atomic mass is 10.1. The van der Waals surface area contributed by atoms with Gasteiger partial charge in [-0.1, -0.05) is 5.11 Å². The van der Waals surface area contributed by atoms with E-state index in [0.29, 0.717) is 41.1 Å². The minimum absolute atomic E-state index is 0.0538. The van der Waals surface area contributed by atoms with Crippen molar-refractivity contribution in [2.75, 3.05) is 36.2 Å². The summed E-state index contributed by atoms with van der Waals surface area (Å²) in [5.41, 5.74) is 8.73. The molecule has 224 valence electrons. The molecule has 4 rings (SSSR count). The number of carbonyl (C=O) groups is 2. The van der Waals surface area contributed by atoms with E-state index in [1.807, 2.05) is 0 Å². The van der Waals surface area contributed by atoms with Gasteiger partial charge in [-0.3, -0.25) is 5.32 Å². The molecule has 3 aromatic carbocycles. The summed E-state index contributed by atoms with van der Waals surface area (Å²) in [5.74, 6) is 1.16. The van der Waals surface area contributed by atoms with E-state index in [0.717, 1.165) is 18.2 Å². The maximum atomic E-state index is 13.3. The van der Waals surface area contributed by atoms with Crippen molar-refractivity contribution < 1.29 is 37.0 Å². The third kappa shape index (κ3) is 8.68. The number of nitrogens with zero attached hydrogens (tertiary/aromatic N) is 4. The van der Waals surface area contributed by atoms with E-state index in [-0.39, 0.29) is 30.5 Å². The number of aromatic nitrogens is 2. The van der Waals surface area contributed by atoms with Crippen molar-refractivity contribution in [2.24, 2.45) is 5.11 Å². The molecule has 0 radical (unpaired) electrons. The number of rotatable bonds is 11. The number of hydrogen-bond acceptors (Lipinski definition) is 7. The summed E-state index contributed by atoms with van der Waals surface area (Å²) in [6.07, 6.45) is -4.28. The Hall–Kier alpha value is -5.63. The van der Waals surface area contributed by atoms with Gasteiger partial charge < -0.3 is 29.8 Å². The van der Waals surface area contributed by atoms with Gasteiger partial charge in [-0.05, 0) is 73.0 Å². The Labute approximate surface area is 242 Å². The van der Waals surface area contributed by atoms with Crippen LogP contribution in [0.25, 0.3) is 21.5 Å². The number of benzene rings is 3. The molecular formula is C27H25F3N8O5. The molecule has 4 aromatic rings. The number of urea groups is 1. The Bertz CT molecular complexity index is 1640. The zero-order valence-corrected chi connectivity index (χ0v) is 22.6. The number of fused-ring (bicyclic) bond motifs is 1. The second kappa shape index (κ2) is 13.8. The monoisotopic (exact) mass is 598 g/mol. The number of unbranched alkanes of at least 4 members (excludes halogenated alkanes) is 1. The molecule has 0 spiro atoms. The van der Waals surface area contributed by atoms with Gasteiger partial charge >= 0.3 is 18.3 Å². The van der Waals surface area contributed by atoms with Crippen LogP contribution in [0.2, 0.25) is 0 Å². The molecule has 0 aliphatic rings. The zero-order valence-electron chi connectivity index (χ0n) is 22.6. The van der Waals surface area contributed by atoms with E-state index in [2.05, 4.69) is 40.7 Å². The van der Waals surface area contributed by atoms with Gasteiger partial charge in [0.1, 0.15) is 17.2 Å². The summed E-state index contributed by atoms with van der Waals surface area (Å²) >= 11 is 0. The predicted octanol–water partition coefficient (Wildman–Crippen LogP) is 7.67. The fourth-order valence-corrected chi connectivity index (χ4v) is 3.73. The number of H-pyrrole nitrogens is 1. The van der Waals surface area contributed by atoms with Crippen LogP contribution >= 0.6 is 0 Å². The van der Waals surface area contributed by atoms with Crippen molar-refractivity contribution in [1.29, 1.82) is 0 Å². The van der Waals surface area contributed by atoms with Crippen LogP contribution in [0.3, 0.4) is 0 Å². The lowest BCUT2D eigenvalue weighted by Crippen LogP contribution is -2.20. The summed E-state index contributed by atoms with van der Waals surface area (Å²) < 4.78 is 55.8. The number of aromatic amines is 1. The highest BCUT2D eigenvalue weighted by molar-refractivity contribution is 6.00. The van der Waals surface area contributed by atoms with Crippen LogP contribution in [0, 0.1) is 0 Å². The van der Waals surface area contributed by atoms with Crippen molar-refractivity contribution >= 4 is 40.5 Å². The van der Waals surface area contributed by atoms with Gasteiger partial charge in [0.25, 0.3) is 0 Å². The van der Waals surface area contributed by atoms with Crippen molar-refractivity contribution in [1.82, 2.24) is 9.97 Å². The third-order valence-corrected chi connectivity index (χ3v) is 5.74. The Morgan fingerprint density at radius 3 is 2.49 bits per heavy atom. The fourth-order valence-electron chi connectivity index (χ4n) is 3.73. The first-order chi connectivity index (χ1) is 20.6. The number of halogens is 3. The van der Waals surface area contributed by atoms with Gasteiger partial charge in [-0.2, -0.15) is 13.2 Å². The van der Waals surface area contributed by atoms with Crippen LogP contribution in [0.5, 0.6) is 17.2 Å². The summed E-state index contributed by atoms with van der Waals surface area (Å²) in [4.78, 5) is 33.8. The molecule has 43 heavy (non-hydrogen) atoms. The van der Waals surface area contributed by atoms with Crippen LogP contribution < -0.4 is 25.4 Å². The van der Waals surface area contributed by atoms with Gasteiger partial charge in [-0.25, -0.2) is 14.6 Å². The van der Waals surface area contributed by atoms with E-state index in [4.69, 9.17) is 15.0 Å². The number of amides is 3. The smallest absolute Gasteiger partial charge is 0.416 e. The predicted molar refractivity (Wildman–Crippen MR) is 151 cm³/mol. The average Bonchev–Trinajstić information content (AvgIpc) is 3.37. The summed E-state index contributed by atoms with van der Waals surface area (Å²) in [6, 6.07) is 13.3. The Balaban J connectivity index is 1.38. The Morgan fingerprint density at radius 2 is 1.77 bits per heavy atom.